The molecule has 1 heterocycles. The summed E-state index contributed by atoms with van der Waals surface area (Å²) in [6.07, 6.45) is 2.18. The first kappa shape index (κ1) is 11.6. The molecule has 0 spiro atoms. The summed E-state index contributed by atoms with van der Waals surface area (Å²) in [6.45, 7) is 0.211. The highest BCUT2D eigenvalue weighted by Crippen LogP contribution is 2.11. The molecule has 0 radical (unpaired) electrons. The van der Waals surface area contributed by atoms with Gasteiger partial charge in [0.15, 0.2) is 0 Å². The fourth-order valence-electron chi connectivity index (χ4n) is 1.62. The lowest BCUT2D eigenvalue weighted by molar-refractivity contribution is 0.290. The monoisotopic (exact) mass is 225 g/mol. The quantitative estimate of drug-likeness (QED) is 0.643. The van der Waals surface area contributed by atoms with E-state index in [2.05, 4.69) is 29.0 Å². The lowest BCUT2D eigenvalue weighted by atomic mass is 10.2. The molecule has 0 unspecified atom stereocenters. The van der Waals surface area contributed by atoms with Crippen molar-refractivity contribution in [1.29, 1.82) is 0 Å². The van der Waals surface area contributed by atoms with Crippen LogP contribution in [0.5, 0.6) is 0 Å². The van der Waals surface area contributed by atoms with Gasteiger partial charge in [-0.3, -0.25) is 4.98 Å². The van der Waals surface area contributed by atoms with Gasteiger partial charge in [-0.2, -0.15) is 0 Å². The maximum atomic E-state index is 8.62. The fourth-order valence-corrected chi connectivity index (χ4v) is 1.62. The molecule has 1 aromatic heterocycles. The Labute approximate surface area is 101 Å². The van der Waals surface area contributed by atoms with E-state index in [1.54, 1.807) is 0 Å². The molecule has 0 fully saturated rings. The van der Waals surface area contributed by atoms with Crippen LogP contribution in [0.2, 0.25) is 0 Å². The van der Waals surface area contributed by atoms with Gasteiger partial charge in [-0.1, -0.05) is 30.2 Å². The molecule has 17 heavy (non-hydrogen) atoms. The zero-order valence-electron chi connectivity index (χ0n) is 9.69. The predicted molar refractivity (Wildman–Crippen MR) is 69.5 cm³/mol. The molecule has 2 rings (SSSR count). The van der Waals surface area contributed by atoms with E-state index in [9.17, 15) is 0 Å². The van der Waals surface area contributed by atoms with Crippen LogP contribution in [0.1, 0.15) is 18.5 Å². The average molecular weight is 225 g/mol. The summed E-state index contributed by atoms with van der Waals surface area (Å²) in [6, 6.07) is 12.2. The first-order chi connectivity index (χ1) is 8.40. The molecule has 2 heteroatoms. The van der Waals surface area contributed by atoms with E-state index in [4.69, 9.17) is 5.11 Å². The first-order valence-electron chi connectivity index (χ1n) is 5.81. The Morgan fingerprint density at radius 1 is 1.06 bits per heavy atom. The van der Waals surface area contributed by atoms with Crippen LogP contribution in [0, 0.1) is 11.8 Å². The molecule has 0 aliphatic heterocycles. The number of hydrogen-bond donors (Lipinski definition) is 1. The van der Waals surface area contributed by atoms with Gasteiger partial charge in [-0.05, 0) is 18.6 Å². The Hall–Kier alpha value is -1.85. The number of rotatable bonds is 3. The normalized spacial score (nSPS) is 9.94. The topological polar surface area (TPSA) is 33.1 Å². The Bertz CT molecular complexity index is 551. The number of aromatic nitrogens is 1. The predicted octanol–water partition coefficient (Wildman–Crippen LogP) is 2.55. The molecule has 1 N–H and O–H groups in total. The zero-order valence-corrected chi connectivity index (χ0v) is 9.69. The molecule has 86 valence electrons. The number of unbranched alkanes of at least 4 members (excludes halogenated alkanes) is 1. The molecule has 0 aliphatic rings. The third-order valence-corrected chi connectivity index (χ3v) is 2.51. The standard InChI is InChI=1S/C15H15NO/c17-12-6-2-1-3-8-14-11-10-13-7-4-5-9-15(13)16-14/h4-5,7,9-11,17H,2,6,8,12H2. The van der Waals surface area contributed by atoms with Crippen molar-refractivity contribution in [2.45, 2.75) is 19.3 Å². The maximum absolute atomic E-state index is 8.62. The number of hydrogen-bond acceptors (Lipinski definition) is 2. The summed E-state index contributed by atoms with van der Waals surface area (Å²) in [5.41, 5.74) is 2.02. The SMILES string of the molecule is OCCCC#CCc1ccc2ccccc2n1. The first-order valence-corrected chi connectivity index (χ1v) is 5.81. The van der Waals surface area contributed by atoms with Crippen LogP contribution in [0.25, 0.3) is 10.9 Å². The summed E-state index contributed by atoms with van der Waals surface area (Å²) in [5.74, 6) is 6.11. The van der Waals surface area contributed by atoms with Gasteiger partial charge in [0.2, 0.25) is 0 Å². The molecule has 0 atom stereocenters. The van der Waals surface area contributed by atoms with Crippen molar-refractivity contribution in [1.82, 2.24) is 4.98 Å². The molecule has 2 nitrogen and oxygen atoms in total. The number of para-hydroxylation sites is 1. The summed E-state index contributed by atoms with van der Waals surface area (Å²) >= 11 is 0. The molecule has 0 saturated carbocycles. The van der Waals surface area contributed by atoms with Crippen LogP contribution in [0.3, 0.4) is 0 Å². The van der Waals surface area contributed by atoms with Crippen molar-refractivity contribution in [2.75, 3.05) is 6.61 Å². The van der Waals surface area contributed by atoms with Crippen molar-refractivity contribution >= 4 is 10.9 Å². The van der Waals surface area contributed by atoms with Gasteiger partial charge < -0.3 is 5.11 Å². The number of benzene rings is 1. The van der Waals surface area contributed by atoms with E-state index >= 15 is 0 Å². The minimum absolute atomic E-state index is 0.211. The van der Waals surface area contributed by atoms with E-state index in [0.29, 0.717) is 6.42 Å². The van der Waals surface area contributed by atoms with Crippen molar-refractivity contribution in [3.05, 3.63) is 42.1 Å². The maximum Gasteiger partial charge on any atom is 0.0705 e. The largest absolute Gasteiger partial charge is 0.396 e. The number of aliphatic hydroxyl groups excluding tert-OH is 1. The van der Waals surface area contributed by atoms with Crippen LogP contribution in [-0.4, -0.2) is 16.7 Å². The summed E-state index contributed by atoms with van der Waals surface area (Å²) in [4.78, 5) is 4.54. The van der Waals surface area contributed by atoms with Crippen LogP contribution >= 0.6 is 0 Å². The molecule has 1 aromatic carbocycles. The van der Waals surface area contributed by atoms with Gasteiger partial charge in [-0.15, -0.1) is 5.92 Å². The van der Waals surface area contributed by atoms with E-state index in [0.717, 1.165) is 29.4 Å². The smallest absolute Gasteiger partial charge is 0.0705 e. The second-order valence-electron chi connectivity index (χ2n) is 3.85. The number of nitrogens with zero attached hydrogens (tertiary/aromatic N) is 1. The second kappa shape index (κ2) is 6.03. The summed E-state index contributed by atoms with van der Waals surface area (Å²) in [7, 11) is 0. The van der Waals surface area contributed by atoms with E-state index in [1.807, 2.05) is 24.3 Å². The second-order valence-corrected chi connectivity index (χ2v) is 3.85. The molecule has 0 saturated heterocycles. The lowest BCUT2D eigenvalue weighted by Gasteiger charge is -1.98. The number of aliphatic hydroxyl groups is 1. The Morgan fingerprint density at radius 3 is 2.82 bits per heavy atom. The third kappa shape index (κ3) is 3.30. The van der Waals surface area contributed by atoms with Gasteiger partial charge >= 0.3 is 0 Å². The molecule has 0 bridgehead atoms. The Morgan fingerprint density at radius 2 is 1.94 bits per heavy atom. The van der Waals surface area contributed by atoms with Crippen LogP contribution < -0.4 is 0 Å². The summed E-state index contributed by atoms with van der Waals surface area (Å²) in [5, 5.41) is 9.78. The highest BCUT2D eigenvalue weighted by molar-refractivity contribution is 5.78. The Kier molecular flexibility index (Phi) is 4.12. The minimum atomic E-state index is 0.211. The molecule has 2 aromatic rings. The minimum Gasteiger partial charge on any atom is -0.396 e. The van der Waals surface area contributed by atoms with Crippen molar-refractivity contribution in [3.63, 3.8) is 0 Å². The van der Waals surface area contributed by atoms with Crippen molar-refractivity contribution in [2.24, 2.45) is 0 Å². The molecule has 0 amide bonds. The van der Waals surface area contributed by atoms with Crippen LogP contribution in [0.4, 0.5) is 0 Å². The van der Waals surface area contributed by atoms with Crippen LogP contribution in [0.15, 0.2) is 36.4 Å². The fraction of sp³-hybridized carbons (Fsp3) is 0.267. The summed E-state index contributed by atoms with van der Waals surface area (Å²) < 4.78 is 0. The van der Waals surface area contributed by atoms with Gasteiger partial charge in [0.1, 0.15) is 0 Å². The van der Waals surface area contributed by atoms with Gasteiger partial charge in [0, 0.05) is 18.4 Å². The highest BCUT2D eigenvalue weighted by atomic mass is 16.2. The lowest BCUT2D eigenvalue weighted by Crippen LogP contribution is -1.88. The van der Waals surface area contributed by atoms with Gasteiger partial charge in [-0.25, -0.2) is 0 Å². The molecular weight excluding hydrogens is 210 g/mol. The highest BCUT2D eigenvalue weighted by Gasteiger charge is 1.95. The van der Waals surface area contributed by atoms with Crippen molar-refractivity contribution in [3.8, 4) is 11.8 Å². The average Bonchev–Trinajstić information content (AvgIpc) is 2.38. The molecule has 0 aliphatic carbocycles. The third-order valence-electron chi connectivity index (χ3n) is 2.51. The number of pyridine rings is 1. The van der Waals surface area contributed by atoms with Gasteiger partial charge in [0.25, 0.3) is 0 Å². The Balaban J connectivity index is 2.06. The van der Waals surface area contributed by atoms with Crippen molar-refractivity contribution < 1.29 is 5.11 Å². The zero-order chi connectivity index (χ0) is 11.9. The van der Waals surface area contributed by atoms with E-state index in [1.165, 1.54) is 0 Å². The number of fused-ring (bicyclic) bond motifs is 1. The van der Waals surface area contributed by atoms with Crippen LogP contribution in [-0.2, 0) is 6.42 Å². The van der Waals surface area contributed by atoms with E-state index < -0.39 is 0 Å². The van der Waals surface area contributed by atoms with Gasteiger partial charge in [0.05, 0.1) is 17.6 Å². The van der Waals surface area contributed by atoms with E-state index in [-0.39, 0.29) is 6.61 Å². The molecular formula is C15H15NO.